The highest BCUT2D eigenvalue weighted by Crippen LogP contribution is 2.22. The summed E-state index contributed by atoms with van der Waals surface area (Å²) >= 11 is 3.07. The molecule has 1 aromatic heterocycles. The summed E-state index contributed by atoms with van der Waals surface area (Å²) in [5.41, 5.74) is 1.07. The minimum Gasteiger partial charge on any atom is -0.298 e. The fourth-order valence-corrected chi connectivity index (χ4v) is 2.21. The second-order valence-electron chi connectivity index (χ2n) is 4.36. The molecule has 0 aliphatic rings. The van der Waals surface area contributed by atoms with E-state index in [1.807, 2.05) is 24.1 Å². The van der Waals surface area contributed by atoms with E-state index in [-0.39, 0.29) is 16.6 Å². The second-order valence-corrected chi connectivity index (χ2v) is 5.21. The number of rotatable bonds is 4. The molecule has 1 aromatic carbocycles. The van der Waals surface area contributed by atoms with Crippen molar-refractivity contribution in [3.8, 4) is 0 Å². The molecule has 0 amide bonds. The van der Waals surface area contributed by atoms with Crippen LogP contribution < -0.4 is 0 Å². The van der Waals surface area contributed by atoms with Gasteiger partial charge in [0.1, 0.15) is 11.6 Å². The van der Waals surface area contributed by atoms with Crippen molar-refractivity contribution in [3.63, 3.8) is 0 Å². The Bertz CT molecular complexity index is 561. The first kappa shape index (κ1) is 14.1. The molecule has 0 aliphatic carbocycles. The average Bonchev–Trinajstić information content (AvgIpc) is 2.40. The van der Waals surface area contributed by atoms with Crippen LogP contribution >= 0.6 is 15.9 Å². The van der Waals surface area contributed by atoms with Gasteiger partial charge in [0.15, 0.2) is 0 Å². The molecule has 19 heavy (non-hydrogen) atoms. The highest BCUT2D eigenvalue weighted by Gasteiger charge is 2.14. The van der Waals surface area contributed by atoms with Crippen molar-refractivity contribution in [1.29, 1.82) is 0 Å². The fraction of sp³-hybridized carbons (Fsp3) is 0.214. The zero-order valence-electron chi connectivity index (χ0n) is 10.4. The molecule has 2 aromatic rings. The number of aromatic nitrogens is 1. The van der Waals surface area contributed by atoms with Gasteiger partial charge in [0.05, 0.1) is 4.47 Å². The van der Waals surface area contributed by atoms with Gasteiger partial charge >= 0.3 is 0 Å². The fourth-order valence-electron chi connectivity index (χ4n) is 1.84. The normalized spacial score (nSPS) is 11.0. The van der Waals surface area contributed by atoms with Crippen LogP contribution in [0.15, 0.2) is 41.1 Å². The first-order chi connectivity index (χ1) is 9.08. The molecule has 2 rings (SSSR count). The Kier molecular flexibility index (Phi) is 4.61. The number of nitrogens with zero attached hydrogens (tertiary/aromatic N) is 2. The molecule has 0 atom stereocenters. The SMILES string of the molecule is CN(Cc1cccnc1)Cc1c(F)ccc(Br)c1F. The van der Waals surface area contributed by atoms with E-state index in [9.17, 15) is 8.78 Å². The lowest BCUT2D eigenvalue weighted by Gasteiger charge is -2.17. The van der Waals surface area contributed by atoms with E-state index in [0.29, 0.717) is 6.54 Å². The molecule has 0 saturated carbocycles. The van der Waals surface area contributed by atoms with Crippen molar-refractivity contribution in [2.24, 2.45) is 0 Å². The van der Waals surface area contributed by atoms with Crippen molar-refractivity contribution >= 4 is 15.9 Å². The summed E-state index contributed by atoms with van der Waals surface area (Å²) in [6, 6.07) is 6.40. The molecule has 0 fully saturated rings. The second kappa shape index (κ2) is 6.21. The molecular formula is C14H13BrF2N2. The Morgan fingerprint density at radius 1 is 1.21 bits per heavy atom. The van der Waals surface area contributed by atoms with Crippen LogP contribution in [0, 0.1) is 11.6 Å². The van der Waals surface area contributed by atoms with Crippen LogP contribution in [0.1, 0.15) is 11.1 Å². The molecule has 0 aliphatic heterocycles. The average molecular weight is 327 g/mol. The predicted molar refractivity (Wildman–Crippen MR) is 73.5 cm³/mol. The van der Waals surface area contributed by atoms with Gasteiger partial charge in [0.25, 0.3) is 0 Å². The van der Waals surface area contributed by atoms with Crippen LogP contribution in [0.25, 0.3) is 0 Å². The van der Waals surface area contributed by atoms with Gasteiger partial charge in [-0.2, -0.15) is 0 Å². The summed E-state index contributed by atoms with van der Waals surface area (Å²) in [6.07, 6.45) is 3.43. The maximum Gasteiger partial charge on any atom is 0.144 e. The highest BCUT2D eigenvalue weighted by molar-refractivity contribution is 9.10. The molecule has 0 N–H and O–H groups in total. The summed E-state index contributed by atoms with van der Waals surface area (Å²) in [4.78, 5) is 5.85. The lowest BCUT2D eigenvalue weighted by molar-refractivity contribution is 0.306. The van der Waals surface area contributed by atoms with E-state index >= 15 is 0 Å². The molecule has 100 valence electrons. The molecule has 1 heterocycles. The molecule has 5 heteroatoms. The van der Waals surface area contributed by atoms with Gasteiger partial charge in [-0.05, 0) is 46.7 Å². The van der Waals surface area contributed by atoms with Gasteiger partial charge in [-0.25, -0.2) is 8.78 Å². The first-order valence-electron chi connectivity index (χ1n) is 5.77. The van der Waals surface area contributed by atoms with Crippen LogP contribution in [0.4, 0.5) is 8.78 Å². The maximum atomic E-state index is 13.8. The van der Waals surface area contributed by atoms with Crippen molar-refractivity contribution in [1.82, 2.24) is 9.88 Å². The smallest absolute Gasteiger partial charge is 0.144 e. The molecule has 0 saturated heterocycles. The minimum atomic E-state index is -0.543. The Labute approximate surface area is 119 Å². The number of pyridine rings is 1. The molecular weight excluding hydrogens is 314 g/mol. The molecule has 0 radical (unpaired) electrons. The molecule has 2 nitrogen and oxygen atoms in total. The van der Waals surface area contributed by atoms with Crippen LogP contribution in [0.3, 0.4) is 0 Å². The largest absolute Gasteiger partial charge is 0.298 e. The van der Waals surface area contributed by atoms with Gasteiger partial charge in [0.2, 0.25) is 0 Å². The van der Waals surface area contributed by atoms with Crippen molar-refractivity contribution in [2.75, 3.05) is 7.05 Å². The van der Waals surface area contributed by atoms with E-state index in [1.54, 1.807) is 12.4 Å². The van der Waals surface area contributed by atoms with Gasteiger partial charge in [-0.1, -0.05) is 6.07 Å². The van der Waals surface area contributed by atoms with E-state index in [4.69, 9.17) is 0 Å². The number of benzene rings is 1. The van der Waals surface area contributed by atoms with E-state index in [1.165, 1.54) is 12.1 Å². The molecule has 0 bridgehead atoms. The number of hydrogen-bond acceptors (Lipinski definition) is 2. The maximum absolute atomic E-state index is 13.8. The monoisotopic (exact) mass is 326 g/mol. The Balaban J connectivity index is 2.11. The topological polar surface area (TPSA) is 16.1 Å². The summed E-state index contributed by atoms with van der Waals surface area (Å²) < 4.78 is 27.7. The molecule has 0 unspecified atom stereocenters. The van der Waals surface area contributed by atoms with E-state index in [0.717, 1.165) is 5.56 Å². The van der Waals surface area contributed by atoms with Crippen molar-refractivity contribution in [3.05, 3.63) is 63.9 Å². The van der Waals surface area contributed by atoms with E-state index in [2.05, 4.69) is 20.9 Å². The third kappa shape index (κ3) is 3.58. The minimum absolute atomic E-state index is 0.0702. The quantitative estimate of drug-likeness (QED) is 0.795. The standard InChI is InChI=1S/C14H13BrF2N2/c1-19(8-10-3-2-6-18-7-10)9-11-13(16)5-4-12(15)14(11)17/h2-7H,8-9H2,1H3. The Hall–Kier alpha value is -1.33. The lowest BCUT2D eigenvalue weighted by atomic mass is 10.1. The zero-order valence-corrected chi connectivity index (χ0v) is 12.0. The third-order valence-corrected chi connectivity index (χ3v) is 3.35. The predicted octanol–water partition coefficient (Wildman–Crippen LogP) is 3.75. The van der Waals surface area contributed by atoms with Gasteiger partial charge in [-0.3, -0.25) is 9.88 Å². The highest BCUT2D eigenvalue weighted by atomic mass is 79.9. The number of hydrogen-bond donors (Lipinski definition) is 0. The van der Waals surface area contributed by atoms with Gasteiger partial charge < -0.3 is 0 Å². The lowest BCUT2D eigenvalue weighted by Crippen LogP contribution is -2.19. The van der Waals surface area contributed by atoms with Crippen molar-refractivity contribution < 1.29 is 8.78 Å². The van der Waals surface area contributed by atoms with Crippen LogP contribution in [0.2, 0.25) is 0 Å². The van der Waals surface area contributed by atoms with Crippen LogP contribution in [-0.2, 0) is 13.1 Å². The van der Waals surface area contributed by atoms with Crippen molar-refractivity contribution in [2.45, 2.75) is 13.1 Å². The van der Waals surface area contributed by atoms with Gasteiger partial charge in [0, 0.05) is 31.0 Å². The van der Waals surface area contributed by atoms with Gasteiger partial charge in [-0.15, -0.1) is 0 Å². The Morgan fingerprint density at radius 3 is 2.68 bits per heavy atom. The van der Waals surface area contributed by atoms with E-state index < -0.39 is 11.6 Å². The summed E-state index contributed by atoms with van der Waals surface area (Å²) in [7, 11) is 1.81. The first-order valence-corrected chi connectivity index (χ1v) is 6.57. The zero-order chi connectivity index (χ0) is 13.8. The number of halogens is 3. The Morgan fingerprint density at radius 2 is 2.00 bits per heavy atom. The summed E-state index contributed by atoms with van der Waals surface area (Å²) in [6.45, 7) is 0.783. The third-order valence-electron chi connectivity index (χ3n) is 2.74. The summed E-state index contributed by atoms with van der Waals surface area (Å²) in [5, 5.41) is 0. The molecule has 0 spiro atoms. The van der Waals surface area contributed by atoms with Crippen LogP contribution in [0.5, 0.6) is 0 Å². The van der Waals surface area contributed by atoms with Crippen LogP contribution in [-0.4, -0.2) is 16.9 Å². The summed E-state index contributed by atoms with van der Waals surface area (Å²) in [5.74, 6) is -1.07.